The molecule has 254 valence electrons. The fraction of sp³-hybridized carbons (Fsp3) is 0.556. The van der Waals surface area contributed by atoms with Crippen LogP contribution in [0.1, 0.15) is 86.3 Å². The molecule has 0 aliphatic heterocycles. The number of carbonyl (C=O) groups is 4. The van der Waals surface area contributed by atoms with Gasteiger partial charge >= 0.3 is 12.1 Å². The van der Waals surface area contributed by atoms with Crippen molar-refractivity contribution in [2.24, 2.45) is 16.6 Å². The van der Waals surface area contributed by atoms with Crippen LogP contribution in [-0.2, 0) is 36.9 Å². The maximum atomic E-state index is 14.2. The number of nitrogens with zero attached hydrogens (tertiary/aromatic N) is 1. The van der Waals surface area contributed by atoms with E-state index in [4.69, 9.17) is 15.2 Å². The van der Waals surface area contributed by atoms with Crippen molar-refractivity contribution in [2.75, 3.05) is 12.4 Å². The van der Waals surface area contributed by atoms with Crippen molar-refractivity contribution in [1.82, 2.24) is 10.2 Å². The molecule has 0 spiro atoms. The summed E-state index contributed by atoms with van der Waals surface area (Å²) in [4.78, 5) is 55.7. The van der Waals surface area contributed by atoms with Gasteiger partial charge in [0.2, 0.25) is 11.8 Å². The summed E-state index contributed by atoms with van der Waals surface area (Å²) in [5.41, 5.74) is 7.69. The molecule has 0 radical (unpaired) electrons. The second-order valence-electron chi connectivity index (χ2n) is 15.3. The minimum Gasteiger partial charge on any atom is -0.467 e. The Labute approximate surface area is 274 Å². The molecule has 0 saturated heterocycles. The van der Waals surface area contributed by atoms with E-state index in [2.05, 4.69) is 10.6 Å². The van der Waals surface area contributed by atoms with E-state index in [9.17, 15) is 19.2 Å². The zero-order valence-electron chi connectivity index (χ0n) is 29.2. The molecule has 0 bridgehead atoms. The summed E-state index contributed by atoms with van der Waals surface area (Å²) in [5, 5.41) is 6.18. The Morgan fingerprint density at radius 2 is 1.41 bits per heavy atom. The minimum atomic E-state index is -1.32. The Balaban J connectivity index is 2.49. The predicted octanol–water partition coefficient (Wildman–Crippen LogP) is 5.83. The lowest BCUT2D eigenvalue weighted by Crippen LogP contribution is -2.59. The van der Waals surface area contributed by atoms with Crippen LogP contribution in [0.5, 0.6) is 0 Å². The van der Waals surface area contributed by atoms with E-state index in [0.29, 0.717) is 5.56 Å². The number of ether oxygens (including phenoxy) is 2. The van der Waals surface area contributed by atoms with Crippen molar-refractivity contribution in [3.05, 3.63) is 65.7 Å². The molecule has 2 aromatic carbocycles. The van der Waals surface area contributed by atoms with Crippen molar-refractivity contribution in [3.8, 4) is 0 Å². The van der Waals surface area contributed by atoms with Crippen LogP contribution in [0.3, 0.4) is 0 Å². The van der Waals surface area contributed by atoms with Crippen LogP contribution in [0, 0.1) is 10.8 Å². The van der Waals surface area contributed by atoms with E-state index in [0.717, 1.165) is 16.2 Å². The number of hydrogen-bond donors (Lipinski definition) is 3. The summed E-state index contributed by atoms with van der Waals surface area (Å²) >= 11 is 0. The monoisotopic (exact) mass is 638 g/mol. The average molecular weight is 639 g/mol. The maximum absolute atomic E-state index is 14.2. The summed E-state index contributed by atoms with van der Waals surface area (Å²) in [5.74, 6) is -2.08. The van der Waals surface area contributed by atoms with E-state index in [1.54, 1.807) is 12.1 Å². The number of rotatable bonds is 12. The first-order valence-corrected chi connectivity index (χ1v) is 15.7. The van der Waals surface area contributed by atoms with Crippen LogP contribution in [0.4, 0.5) is 10.5 Å². The highest BCUT2D eigenvalue weighted by atomic mass is 16.6. The van der Waals surface area contributed by atoms with Gasteiger partial charge < -0.3 is 25.8 Å². The predicted molar refractivity (Wildman–Crippen MR) is 181 cm³/mol. The molecule has 0 saturated carbocycles. The molecule has 0 heterocycles. The summed E-state index contributed by atoms with van der Waals surface area (Å²) in [6.45, 7) is 17.5. The van der Waals surface area contributed by atoms with Crippen LogP contribution in [0.2, 0.25) is 0 Å². The Hall–Kier alpha value is -3.92. The highest BCUT2D eigenvalue weighted by Gasteiger charge is 2.42. The number of imide groups is 1. The van der Waals surface area contributed by atoms with Gasteiger partial charge in [-0.05, 0) is 67.7 Å². The summed E-state index contributed by atoms with van der Waals surface area (Å²) in [6.07, 6.45) is -0.511. The summed E-state index contributed by atoms with van der Waals surface area (Å²) in [6, 6.07) is 13.1. The average Bonchev–Trinajstić information content (AvgIpc) is 2.93. The van der Waals surface area contributed by atoms with Crippen LogP contribution < -0.4 is 16.4 Å². The van der Waals surface area contributed by atoms with Gasteiger partial charge in [0.25, 0.3) is 0 Å². The number of nitrogens with two attached hydrogens (primary N) is 1. The molecular weight excluding hydrogens is 584 g/mol. The normalized spacial score (nSPS) is 14.0. The lowest BCUT2D eigenvalue weighted by atomic mass is 9.85. The first kappa shape index (κ1) is 38.3. The molecule has 0 aromatic heterocycles. The zero-order valence-corrected chi connectivity index (χ0v) is 29.2. The fourth-order valence-corrected chi connectivity index (χ4v) is 5.01. The lowest BCUT2D eigenvalue weighted by molar-refractivity contribution is -0.147. The third-order valence-electron chi connectivity index (χ3n) is 6.90. The Morgan fingerprint density at radius 3 is 1.96 bits per heavy atom. The van der Waals surface area contributed by atoms with Crippen molar-refractivity contribution >= 4 is 29.6 Å². The van der Waals surface area contributed by atoms with Gasteiger partial charge in [0.15, 0.2) is 0 Å². The van der Waals surface area contributed by atoms with Gasteiger partial charge in [-0.3, -0.25) is 9.59 Å². The smallest absolute Gasteiger partial charge is 0.417 e. The molecule has 10 heteroatoms. The second-order valence-corrected chi connectivity index (χ2v) is 15.3. The summed E-state index contributed by atoms with van der Waals surface area (Å²) in [7, 11) is 1.24. The van der Waals surface area contributed by atoms with Crippen LogP contribution >= 0.6 is 0 Å². The van der Waals surface area contributed by atoms with E-state index < -0.39 is 47.4 Å². The molecule has 3 atom stereocenters. The van der Waals surface area contributed by atoms with Crippen molar-refractivity contribution < 1.29 is 28.7 Å². The topological polar surface area (TPSA) is 140 Å². The fourth-order valence-electron chi connectivity index (χ4n) is 5.01. The van der Waals surface area contributed by atoms with Gasteiger partial charge in [-0.2, -0.15) is 0 Å². The molecule has 3 amide bonds. The second kappa shape index (κ2) is 16.1. The Morgan fingerprint density at radius 1 is 0.826 bits per heavy atom. The molecule has 0 aliphatic rings. The van der Waals surface area contributed by atoms with Crippen LogP contribution in [-0.4, -0.2) is 59.6 Å². The number of carbonyl (C=O) groups excluding carboxylic acids is 4. The van der Waals surface area contributed by atoms with Gasteiger partial charge in [0, 0.05) is 17.6 Å². The number of esters is 1. The van der Waals surface area contributed by atoms with E-state index in [1.807, 2.05) is 105 Å². The molecular formula is C36H54N4O6. The Bertz CT molecular complexity index is 1320. The highest BCUT2D eigenvalue weighted by Crippen LogP contribution is 2.27. The zero-order chi connectivity index (χ0) is 34.9. The number of hydrogen-bond acceptors (Lipinski definition) is 8. The minimum absolute atomic E-state index is 0.0894. The van der Waals surface area contributed by atoms with Crippen LogP contribution in [0.15, 0.2) is 54.6 Å². The molecule has 2 rings (SSSR count). The first-order chi connectivity index (χ1) is 21.2. The molecule has 0 unspecified atom stereocenters. The van der Waals surface area contributed by atoms with Gasteiger partial charge in [-0.1, -0.05) is 84.0 Å². The summed E-state index contributed by atoms with van der Waals surface area (Å²) < 4.78 is 10.6. The van der Waals surface area contributed by atoms with Crippen LogP contribution in [0.25, 0.3) is 0 Å². The molecule has 46 heavy (non-hydrogen) atoms. The van der Waals surface area contributed by atoms with Gasteiger partial charge in [0.05, 0.1) is 13.2 Å². The molecule has 0 aliphatic carbocycles. The Kier molecular flexibility index (Phi) is 13.4. The quantitative estimate of drug-likeness (QED) is 0.247. The number of amides is 3. The maximum Gasteiger partial charge on any atom is 0.417 e. The van der Waals surface area contributed by atoms with Gasteiger partial charge in [-0.25, -0.2) is 14.5 Å². The number of anilines is 1. The third-order valence-corrected chi connectivity index (χ3v) is 6.90. The van der Waals surface area contributed by atoms with Gasteiger partial charge in [-0.15, -0.1) is 0 Å². The molecule has 4 N–H and O–H groups in total. The van der Waals surface area contributed by atoms with E-state index in [-0.39, 0.29) is 36.8 Å². The standard InChI is InChI=1S/C36H54N4O6/c1-34(2,3)21-27(37)31(42)40(33(44)46-23-24-15-12-11-13-16-24)29(22-35(4,5)6)30(41)38-28(32(43)45-10)20-25-17-14-18-26(19-25)39-36(7,8)9/h11-19,27-29,39H,20-23,37H2,1-10H3,(H,38,41)/t27-,28+,29+/m1/s1. The largest absolute Gasteiger partial charge is 0.467 e. The highest BCUT2D eigenvalue weighted by molar-refractivity contribution is 6.00. The molecule has 2 aromatic rings. The number of nitrogens with one attached hydrogen (secondary N) is 2. The molecule has 0 fully saturated rings. The van der Waals surface area contributed by atoms with Crippen molar-refractivity contribution in [2.45, 2.75) is 112 Å². The first-order valence-electron chi connectivity index (χ1n) is 15.7. The van der Waals surface area contributed by atoms with E-state index >= 15 is 0 Å². The number of methoxy groups -OCH3 is 1. The SMILES string of the molecule is COC(=O)[C@H](Cc1cccc(NC(C)(C)C)c1)NC(=O)[C@H](CC(C)(C)C)N(C(=O)OCc1ccccc1)C(=O)[C@H](N)CC(C)(C)C. The third kappa shape index (κ3) is 13.2. The number of benzene rings is 2. The van der Waals surface area contributed by atoms with Gasteiger partial charge in [0.1, 0.15) is 18.7 Å². The van der Waals surface area contributed by atoms with Crippen molar-refractivity contribution in [1.29, 1.82) is 0 Å². The molecule has 10 nitrogen and oxygen atoms in total. The lowest BCUT2D eigenvalue weighted by Gasteiger charge is -2.35. The van der Waals surface area contributed by atoms with E-state index in [1.165, 1.54) is 7.11 Å². The van der Waals surface area contributed by atoms with Crippen molar-refractivity contribution in [3.63, 3.8) is 0 Å².